The summed E-state index contributed by atoms with van der Waals surface area (Å²) in [6, 6.07) is 29.3. The fourth-order valence-corrected chi connectivity index (χ4v) is 7.81. The van der Waals surface area contributed by atoms with Crippen LogP contribution in [0.3, 0.4) is 0 Å². The maximum Gasteiger partial charge on any atom is 0.270 e. The zero-order valence-electron chi connectivity index (χ0n) is 29.3. The van der Waals surface area contributed by atoms with E-state index < -0.39 is 0 Å². The van der Waals surface area contributed by atoms with Gasteiger partial charge < -0.3 is 13.4 Å². The molecule has 1 heterocycles. The van der Waals surface area contributed by atoms with E-state index in [1.807, 2.05) is 48.6 Å². The van der Waals surface area contributed by atoms with Gasteiger partial charge in [0.15, 0.2) is 0 Å². The minimum Gasteiger partial charge on any atom is -0.406 e. The highest BCUT2D eigenvalue weighted by Gasteiger charge is 2.23. The SMILES string of the molecule is C=CCC(C)(CC=C)O[Si]c1ccccc1C#Cc1ccc2c(c1)c1cc(C#Cc3ccccc3[Si]OC(C)(CC=C)CC=C)ccc1n2C. The number of hydrogen-bond acceptors (Lipinski definition) is 2. The molecule has 0 saturated heterocycles. The van der Waals surface area contributed by atoms with E-state index in [0.717, 1.165) is 80.1 Å². The fourth-order valence-electron chi connectivity index (χ4n) is 5.93. The van der Waals surface area contributed by atoms with Gasteiger partial charge in [0.1, 0.15) is 0 Å². The van der Waals surface area contributed by atoms with E-state index in [1.54, 1.807) is 0 Å². The predicted octanol–water partition coefficient (Wildman–Crippen LogP) is 8.48. The van der Waals surface area contributed by atoms with Gasteiger partial charge in [-0.3, -0.25) is 0 Å². The van der Waals surface area contributed by atoms with E-state index in [1.165, 1.54) is 0 Å². The van der Waals surface area contributed by atoms with Gasteiger partial charge in [0.05, 0.1) is 11.2 Å². The van der Waals surface area contributed by atoms with Crippen molar-refractivity contribution in [1.29, 1.82) is 0 Å². The largest absolute Gasteiger partial charge is 0.406 e. The Labute approximate surface area is 303 Å². The molecule has 1 aromatic heterocycles. The Morgan fingerprint density at radius 3 is 1.34 bits per heavy atom. The molecular weight excluding hydrogens is 643 g/mol. The lowest BCUT2D eigenvalue weighted by molar-refractivity contribution is 0.104. The molecule has 0 unspecified atom stereocenters. The Kier molecular flexibility index (Phi) is 12.1. The van der Waals surface area contributed by atoms with E-state index >= 15 is 0 Å². The molecule has 0 N–H and O–H groups in total. The summed E-state index contributed by atoms with van der Waals surface area (Å²) in [7, 11) is 2.45. The van der Waals surface area contributed by atoms with Crippen LogP contribution in [-0.4, -0.2) is 35.3 Å². The van der Waals surface area contributed by atoms with Gasteiger partial charge in [0, 0.05) is 51.1 Å². The number of aromatic nitrogens is 1. The lowest BCUT2D eigenvalue weighted by Crippen LogP contribution is -2.34. The molecule has 0 amide bonds. The molecule has 4 aromatic carbocycles. The number of aryl methyl sites for hydroxylation is 1. The third kappa shape index (κ3) is 8.82. The Bertz CT molecular complexity index is 2000. The molecule has 5 heteroatoms. The molecule has 4 radical (unpaired) electrons. The molecule has 50 heavy (non-hydrogen) atoms. The van der Waals surface area contributed by atoms with Crippen LogP contribution in [0.2, 0.25) is 0 Å². The van der Waals surface area contributed by atoms with Crippen LogP contribution in [0.25, 0.3) is 21.8 Å². The lowest BCUT2D eigenvalue weighted by Gasteiger charge is -2.28. The molecule has 0 spiro atoms. The van der Waals surface area contributed by atoms with Crippen molar-refractivity contribution in [2.75, 3.05) is 0 Å². The topological polar surface area (TPSA) is 23.4 Å². The summed E-state index contributed by atoms with van der Waals surface area (Å²) in [5.74, 6) is 13.7. The second-order valence-corrected chi connectivity index (χ2v) is 14.8. The average Bonchev–Trinajstić information content (AvgIpc) is 3.39. The minimum atomic E-state index is -0.331. The first-order chi connectivity index (χ1) is 24.2. The van der Waals surface area contributed by atoms with Crippen molar-refractivity contribution in [2.45, 2.75) is 50.7 Å². The van der Waals surface area contributed by atoms with Crippen molar-refractivity contribution in [3.8, 4) is 23.7 Å². The number of nitrogens with zero attached hydrogens (tertiary/aromatic N) is 1. The molecule has 0 aliphatic carbocycles. The Morgan fingerprint density at radius 2 is 0.960 bits per heavy atom. The number of rotatable bonds is 14. The van der Waals surface area contributed by atoms with E-state index in [9.17, 15) is 0 Å². The van der Waals surface area contributed by atoms with Gasteiger partial charge in [-0.25, -0.2) is 0 Å². The van der Waals surface area contributed by atoms with E-state index in [-0.39, 0.29) is 30.7 Å². The first kappa shape index (κ1) is 36.4. The quantitative estimate of drug-likeness (QED) is 0.0665. The molecule has 0 fully saturated rings. The van der Waals surface area contributed by atoms with Crippen molar-refractivity contribution in [3.05, 3.63) is 158 Å². The average molecular weight is 686 g/mol. The normalized spacial score (nSPS) is 11.3. The molecule has 5 rings (SSSR count). The molecule has 0 aliphatic heterocycles. The monoisotopic (exact) mass is 685 g/mol. The maximum absolute atomic E-state index is 6.40. The summed E-state index contributed by atoms with van der Waals surface area (Å²) in [6.07, 6.45) is 10.6. The van der Waals surface area contributed by atoms with Crippen LogP contribution in [0.5, 0.6) is 0 Å². The molecule has 0 saturated carbocycles. The first-order valence-corrected chi connectivity index (χ1v) is 18.6. The summed E-state index contributed by atoms with van der Waals surface area (Å²) in [5.41, 5.74) is 5.50. The first-order valence-electron chi connectivity index (χ1n) is 16.8. The molecular formula is C45H43NO2Si2. The second-order valence-electron chi connectivity index (χ2n) is 12.9. The van der Waals surface area contributed by atoms with Gasteiger partial charge in [0.25, 0.3) is 19.5 Å². The number of hydrogen-bond donors (Lipinski definition) is 0. The van der Waals surface area contributed by atoms with Crippen LogP contribution in [-0.2, 0) is 15.9 Å². The van der Waals surface area contributed by atoms with Gasteiger partial charge in [-0.2, -0.15) is 0 Å². The van der Waals surface area contributed by atoms with Crippen molar-refractivity contribution in [2.24, 2.45) is 7.05 Å². The van der Waals surface area contributed by atoms with Crippen LogP contribution >= 0.6 is 0 Å². The Morgan fingerprint density at radius 1 is 0.580 bits per heavy atom. The molecule has 3 nitrogen and oxygen atoms in total. The predicted molar refractivity (Wildman–Crippen MR) is 214 cm³/mol. The molecule has 5 aromatic rings. The smallest absolute Gasteiger partial charge is 0.270 e. The second kappa shape index (κ2) is 16.7. The third-order valence-corrected chi connectivity index (χ3v) is 11.2. The van der Waals surface area contributed by atoms with E-state index in [0.29, 0.717) is 0 Å². The Balaban J connectivity index is 1.42. The summed E-state index contributed by atoms with van der Waals surface area (Å²) in [5, 5.41) is 4.48. The summed E-state index contributed by atoms with van der Waals surface area (Å²) in [4.78, 5) is 0. The van der Waals surface area contributed by atoms with Crippen LogP contribution < -0.4 is 10.4 Å². The van der Waals surface area contributed by atoms with Crippen LogP contribution in [0, 0.1) is 23.7 Å². The lowest BCUT2D eigenvalue weighted by atomic mass is 9.99. The summed E-state index contributed by atoms with van der Waals surface area (Å²) >= 11 is 0. The zero-order chi connectivity index (χ0) is 35.6. The number of fused-ring (bicyclic) bond motifs is 3. The van der Waals surface area contributed by atoms with Crippen molar-refractivity contribution in [1.82, 2.24) is 4.57 Å². The van der Waals surface area contributed by atoms with Gasteiger partial charge in [0.2, 0.25) is 0 Å². The van der Waals surface area contributed by atoms with E-state index in [2.05, 4.69) is 136 Å². The highest BCUT2D eigenvalue weighted by Crippen LogP contribution is 2.30. The minimum absolute atomic E-state index is 0.172. The van der Waals surface area contributed by atoms with Crippen molar-refractivity contribution in [3.63, 3.8) is 0 Å². The van der Waals surface area contributed by atoms with Gasteiger partial charge >= 0.3 is 0 Å². The van der Waals surface area contributed by atoms with E-state index in [4.69, 9.17) is 8.85 Å². The summed E-state index contributed by atoms with van der Waals surface area (Å²) < 4.78 is 15.0. The standard InChI is InChI=1S/C45H43NO2Si2/c1-8-28-44(5,29-9-2)47-49-42-18-14-12-16-36(42)24-20-34-22-26-40-38(32-34)39-33-35(23-27-41(39)46(40)7)21-25-37-17-13-15-19-43(37)50-48-45(6,30-10-3)31-11-4/h8-19,22-23,26-27,32-33H,1-4,28-31H2,5-7H3. The van der Waals surface area contributed by atoms with Crippen LogP contribution in [0.1, 0.15) is 61.8 Å². The van der Waals surface area contributed by atoms with Gasteiger partial charge in [-0.1, -0.05) is 84.4 Å². The van der Waals surface area contributed by atoms with Crippen molar-refractivity contribution >= 4 is 51.7 Å². The number of benzene rings is 4. The van der Waals surface area contributed by atoms with Crippen LogP contribution in [0.4, 0.5) is 0 Å². The molecule has 248 valence electrons. The zero-order valence-corrected chi connectivity index (χ0v) is 31.3. The third-order valence-electron chi connectivity index (χ3n) is 8.66. The summed E-state index contributed by atoms with van der Waals surface area (Å²) in [6.45, 7) is 19.8. The van der Waals surface area contributed by atoms with Gasteiger partial charge in [-0.15, -0.1) is 26.3 Å². The highest BCUT2D eigenvalue weighted by atomic mass is 28.2. The molecule has 0 aliphatic rings. The van der Waals surface area contributed by atoms with Crippen LogP contribution in [0.15, 0.2) is 136 Å². The van der Waals surface area contributed by atoms with Gasteiger partial charge in [-0.05, 0) is 98.4 Å². The molecule has 0 atom stereocenters. The Hall–Kier alpha value is -4.89. The van der Waals surface area contributed by atoms with Crippen molar-refractivity contribution < 1.29 is 8.85 Å². The molecule has 0 bridgehead atoms. The highest BCUT2D eigenvalue weighted by molar-refractivity contribution is 6.48. The fraction of sp³-hybridized carbons (Fsp3) is 0.200. The maximum atomic E-state index is 6.40.